The van der Waals surface area contributed by atoms with E-state index in [9.17, 15) is 0 Å². The minimum absolute atomic E-state index is 0.622. The van der Waals surface area contributed by atoms with Crippen molar-refractivity contribution in [1.29, 1.82) is 0 Å². The SMILES string of the molecule is NCC1CCC(c2onc3c2CCC3)CC1. The summed E-state index contributed by atoms with van der Waals surface area (Å²) in [7, 11) is 0. The average Bonchev–Trinajstić information content (AvgIpc) is 2.91. The Hall–Kier alpha value is -0.830. The molecular formula is C13H20N2O. The first-order valence-corrected chi connectivity index (χ1v) is 6.56. The first kappa shape index (κ1) is 10.3. The van der Waals surface area contributed by atoms with Crippen LogP contribution in [0.25, 0.3) is 0 Å². The lowest BCUT2D eigenvalue weighted by molar-refractivity contribution is 0.277. The second kappa shape index (κ2) is 4.21. The molecule has 0 aromatic carbocycles. The van der Waals surface area contributed by atoms with Gasteiger partial charge in [-0.2, -0.15) is 0 Å². The zero-order chi connectivity index (χ0) is 11.0. The summed E-state index contributed by atoms with van der Waals surface area (Å²) in [5, 5.41) is 4.21. The van der Waals surface area contributed by atoms with Gasteiger partial charge in [-0.05, 0) is 57.4 Å². The van der Waals surface area contributed by atoms with E-state index in [1.165, 1.54) is 55.5 Å². The van der Waals surface area contributed by atoms with Crippen molar-refractivity contribution in [3.8, 4) is 0 Å². The summed E-state index contributed by atoms with van der Waals surface area (Å²) < 4.78 is 5.56. The maximum Gasteiger partial charge on any atom is 0.143 e. The summed E-state index contributed by atoms with van der Waals surface area (Å²) in [6, 6.07) is 0. The molecule has 0 radical (unpaired) electrons. The Morgan fingerprint density at radius 3 is 2.75 bits per heavy atom. The number of rotatable bonds is 2. The van der Waals surface area contributed by atoms with Crippen LogP contribution in [0.1, 0.15) is 55.0 Å². The molecule has 3 heteroatoms. The van der Waals surface area contributed by atoms with Crippen LogP contribution in [0.5, 0.6) is 0 Å². The van der Waals surface area contributed by atoms with Gasteiger partial charge >= 0.3 is 0 Å². The largest absolute Gasteiger partial charge is 0.361 e. The van der Waals surface area contributed by atoms with E-state index >= 15 is 0 Å². The highest BCUT2D eigenvalue weighted by Crippen LogP contribution is 2.39. The molecule has 0 bridgehead atoms. The summed E-state index contributed by atoms with van der Waals surface area (Å²) in [6.45, 7) is 0.848. The van der Waals surface area contributed by atoms with Gasteiger partial charge in [0.15, 0.2) is 0 Å². The second-order valence-electron chi connectivity index (χ2n) is 5.28. The van der Waals surface area contributed by atoms with E-state index in [1.54, 1.807) is 0 Å². The summed E-state index contributed by atoms with van der Waals surface area (Å²) in [6.07, 6.45) is 8.57. The van der Waals surface area contributed by atoms with Crippen LogP contribution in [0.3, 0.4) is 0 Å². The quantitative estimate of drug-likeness (QED) is 0.832. The molecule has 1 fully saturated rings. The van der Waals surface area contributed by atoms with Crippen LogP contribution in [0.2, 0.25) is 0 Å². The molecule has 1 aromatic rings. The molecule has 16 heavy (non-hydrogen) atoms. The minimum Gasteiger partial charge on any atom is -0.361 e. The lowest BCUT2D eigenvalue weighted by Gasteiger charge is -2.26. The molecule has 0 atom stereocenters. The zero-order valence-electron chi connectivity index (χ0n) is 9.74. The third-order valence-electron chi connectivity index (χ3n) is 4.29. The van der Waals surface area contributed by atoms with Crippen molar-refractivity contribution in [1.82, 2.24) is 5.16 Å². The third-order valence-corrected chi connectivity index (χ3v) is 4.29. The molecule has 88 valence electrons. The van der Waals surface area contributed by atoms with E-state index < -0.39 is 0 Å². The van der Waals surface area contributed by atoms with Gasteiger partial charge in [0.25, 0.3) is 0 Å². The van der Waals surface area contributed by atoms with Crippen molar-refractivity contribution >= 4 is 0 Å². The molecule has 2 aliphatic carbocycles. The van der Waals surface area contributed by atoms with Gasteiger partial charge in [0.05, 0.1) is 5.69 Å². The second-order valence-corrected chi connectivity index (χ2v) is 5.28. The first-order valence-electron chi connectivity index (χ1n) is 6.56. The van der Waals surface area contributed by atoms with Gasteiger partial charge in [0, 0.05) is 11.5 Å². The molecule has 1 heterocycles. The Labute approximate surface area is 96.4 Å². The van der Waals surface area contributed by atoms with Crippen LogP contribution in [-0.2, 0) is 12.8 Å². The number of aryl methyl sites for hydroxylation is 1. The van der Waals surface area contributed by atoms with Crippen molar-refractivity contribution in [2.75, 3.05) is 6.54 Å². The molecule has 2 N–H and O–H groups in total. The van der Waals surface area contributed by atoms with E-state index in [2.05, 4.69) is 5.16 Å². The standard InChI is InChI=1S/C13H20N2O/c14-8-9-4-6-10(7-5-9)13-11-2-1-3-12(11)15-16-13/h9-10H,1-8,14H2. The maximum absolute atomic E-state index is 5.72. The van der Waals surface area contributed by atoms with Crippen LogP contribution in [0, 0.1) is 5.92 Å². The predicted octanol–water partition coefficient (Wildman–Crippen LogP) is 2.40. The number of fused-ring (bicyclic) bond motifs is 1. The van der Waals surface area contributed by atoms with Gasteiger partial charge in [0.2, 0.25) is 0 Å². The highest BCUT2D eigenvalue weighted by Gasteiger charge is 2.29. The molecule has 0 amide bonds. The first-order chi connectivity index (χ1) is 7.88. The predicted molar refractivity (Wildman–Crippen MR) is 62.3 cm³/mol. The summed E-state index contributed by atoms with van der Waals surface area (Å²) in [5.41, 5.74) is 8.40. The molecule has 1 saturated carbocycles. The molecule has 1 aromatic heterocycles. The van der Waals surface area contributed by atoms with E-state index in [0.29, 0.717) is 5.92 Å². The molecule has 0 saturated heterocycles. The Balaban J connectivity index is 1.73. The Kier molecular flexibility index (Phi) is 2.72. The molecule has 3 nitrogen and oxygen atoms in total. The molecule has 2 aliphatic rings. The molecule has 0 unspecified atom stereocenters. The minimum atomic E-state index is 0.622. The van der Waals surface area contributed by atoms with Crippen molar-refractivity contribution in [3.63, 3.8) is 0 Å². The Bertz CT molecular complexity index is 364. The lowest BCUT2D eigenvalue weighted by Crippen LogP contribution is -2.20. The summed E-state index contributed by atoms with van der Waals surface area (Å²) in [5.74, 6) is 2.58. The fourth-order valence-corrected chi connectivity index (χ4v) is 3.23. The van der Waals surface area contributed by atoms with Gasteiger partial charge in [-0.3, -0.25) is 0 Å². The summed E-state index contributed by atoms with van der Waals surface area (Å²) in [4.78, 5) is 0. The highest BCUT2D eigenvalue weighted by atomic mass is 16.5. The normalized spacial score (nSPS) is 29.3. The van der Waals surface area contributed by atoms with E-state index in [0.717, 1.165) is 18.9 Å². The molecule has 0 aliphatic heterocycles. The van der Waals surface area contributed by atoms with Crippen LogP contribution < -0.4 is 5.73 Å². The fraction of sp³-hybridized carbons (Fsp3) is 0.769. The van der Waals surface area contributed by atoms with Crippen molar-refractivity contribution in [3.05, 3.63) is 17.0 Å². The zero-order valence-corrected chi connectivity index (χ0v) is 9.74. The van der Waals surface area contributed by atoms with Crippen molar-refractivity contribution in [2.45, 2.75) is 50.9 Å². The number of aromatic nitrogens is 1. The molecular weight excluding hydrogens is 200 g/mol. The van der Waals surface area contributed by atoms with Crippen molar-refractivity contribution in [2.24, 2.45) is 11.7 Å². The van der Waals surface area contributed by atoms with Crippen LogP contribution in [-0.4, -0.2) is 11.7 Å². The van der Waals surface area contributed by atoms with Gasteiger partial charge in [-0.1, -0.05) is 5.16 Å². The van der Waals surface area contributed by atoms with Gasteiger partial charge in [-0.15, -0.1) is 0 Å². The fourth-order valence-electron chi connectivity index (χ4n) is 3.23. The number of hydrogen-bond acceptors (Lipinski definition) is 3. The Morgan fingerprint density at radius 1 is 1.19 bits per heavy atom. The number of nitrogens with zero attached hydrogens (tertiary/aromatic N) is 1. The van der Waals surface area contributed by atoms with Gasteiger partial charge in [-0.25, -0.2) is 0 Å². The van der Waals surface area contributed by atoms with Gasteiger partial charge < -0.3 is 10.3 Å². The molecule has 3 rings (SSSR count). The molecule has 0 spiro atoms. The van der Waals surface area contributed by atoms with Crippen molar-refractivity contribution < 1.29 is 4.52 Å². The number of hydrogen-bond donors (Lipinski definition) is 1. The van der Waals surface area contributed by atoms with E-state index in [-0.39, 0.29) is 0 Å². The lowest BCUT2D eigenvalue weighted by atomic mass is 9.80. The van der Waals surface area contributed by atoms with Crippen LogP contribution in [0.4, 0.5) is 0 Å². The monoisotopic (exact) mass is 220 g/mol. The van der Waals surface area contributed by atoms with Crippen LogP contribution in [0.15, 0.2) is 4.52 Å². The van der Waals surface area contributed by atoms with E-state index in [1.807, 2.05) is 0 Å². The van der Waals surface area contributed by atoms with Gasteiger partial charge in [0.1, 0.15) is 5.76 Å². The highest BCUT2D eigenvalue weighted by molar-refractivity contribution is 5.29. The third kappa shape index (κ3) is 1.67. The smallest absolute Gasteiger partial charge is 0.143 e. The summed E-state index contributed by atoms with van der Waals surface area (Å²) >= 11 is 0. The Morgan fingerprint density at radius 2 is 2.00 bits per heavy atom. The van der Waals surface area contributed by atoms with E-state index in [4.69, 9.17) is 10.3 Å². The topological polar surface area (TPSA) is 52.0 Å². The van der Waals surface area contributed by atoms with Crippen LogP contribution >= 0.6 is 0 Å². The average molecular weight is 220 g/mol. The number of nitrogens with two attached hydrogens (primary N) is 1. The maximum atomic E-state index is 5.72.